The van der Waals surface area contributed by atoms with Crippen molar-refractivity contribution in [2.45, 2.75) is 46.5 Å². The van der Waals surface area contributed by atoms with E-state index in [2.05, 4.69) is 13.8 Å². The molecule has 0 spiro atoms. The van der Waals surface area contributed by atoms with E-state index in [1.807, 2.05) is 19.1 Å². The summed E-state index contributed by atoms with van der Waals surface area (Å²) >= 11 is 0. The van der Waals surface area contributed by atoms with Crippen LogP contribution in [-0.4, -0.2) is 64.8 Å². The highest BCUT2D eigenvalue weighted by molar-refractivity contribution is 6.01. The van der Waals surface area contributed by atoms with Crippen molar-refractivity contribution in [2.75, 3.05) is 46.8 Å². The lowest BCUT2D eigenvalue weighted by molar-refractivity contribution is -0.139. The van der Waals surface area contributed by atoms with E-state index in [9.17, 15) is 14.4 Å². The third-order valence-corrected chi connectivity index (χ3v) is 8.40. The summed E-state index contributed by atoms with van der Waals surface area (Å²) in [6, 6.07) is 0. The van der Waals surface area contributed by atoms with Crippen LogP contribution in [0.4, 0.5) is 0 Å². The number of hydrogen-bond acceptors (Lipinski definition) is 7. The predicted octanol–water partition coefficient (Wildman–Crippen LogP) is 4.11. The third kappa shape index (κ3) is 7.02. The van der Waals surface area contributed by atoms with E-state index in [4.69, 9.17) is 18.9 Å². The number of carbonyl (C=O) groups is 3. The van der Waals surface area contributed by atoms with Gasteiger partial charge in [0.2, 0.25) is 0 Å². The first-order chi connectivity index (χ1) is 17.3. The Morgan fingerprint density at radius 2 is 1.86 bits per heavy atom. The third-order valence-electron chi connectivity index (χ3n) is 8.40. The number of ketones is 1. The second kappa shape index (κ2) is 13.5. The van der Waals surface area contributed by atoms with Crippen LogP contribution < -0.4 is 0 Å². The first-order valence-corrected chi connectivity index (χ1v) is 13.2. The highest BCUT2D eigenvalue weighted by Crippen LogP contribution is 2.58. The summed E-state index contributed by atoms with van der Waals surface area (Å²) in [5.41, 5.74) is 1.84. The monoisotopic (exact) mass is 502 g/mol. The second-order valence-corrected chi connectivity index (χ2v) is 10.7. The van der Waals surface area contributed by atoms with Gasteiger partial charge in [-0.3, -0.25) is 9.59 Å². The minimum Gasteiger partial charge on any atom is -0.460 e. The largest absolute Gasteiger partial charge is 0.460 e. The normalized spacial score (nSPS) is 32.2. The van der Waals surface area contributed by atoms with E-state index in [-0.39, 0.29) is 41.5 Å². The maximum Gasteiger partial charge on any atom is 0.330 e. The summed E-state index contributed by atoms with van der Waals surface area (Å²) in [4.78, 5) is 36.7. The Morgan fingerprint density at radius 3 is 2.56 bits per heavy atom. The maximum absolute atomic E-state index is 12.6. The molecule has 3 rings (SSSR count). The fourth-order valence-corrected chi connectivity index (χ4v) is 6.40. The molecule has 0 aromatic heterocycles. The minimum atomic E-state index is -0.364. The van der Waals surface area contributed by atoms with Crippen molar-refractivity contribution >= 4 is 18.0 Å². The van der Waals surface area contributed by atoms with E-state index in [1.165, 1.54) is 6.08 Å². The van der Waals surface area contributed by atoms with Crippen LogP contribution in [0.3, 0.4) is 0 Å². The first kappa shape index (κ1) is 28.5. The zero-order valence-electron chi connectivity index (χ0n) is 22.2. The molecule has 200 valence electrons. The van der Waals surface area contributed by atoms with Crippen molar-refractivity contribution in [1.29, 1.82) is 0 Å². The Hall–Kier alpha value is -2.09. The highest BCUT2D eigenvalue weighted by Gasteiger charge is 2.50. The van der Waals surface area contributed by atoms with Gasteiger partial charge in [-0.1, -0.05) is 31.6 Å². The summed E-state index contributed by atoms with van der Waals surface area (Å²) in [5, 5.41) is 0. The summed E-state index contributed by atoms with van der Waals surface area (Å²) in [7, 11) is 1.63. The van der Waals surface area contributed by atoms with Crippen LogP contribution in [0, 0.1) is 35.0 Å². The first-order valence-electron chi connectivity index (χ1n) is 13.2. The van der Waals surface area contributed by atoms with Crippen molar-refractivity contribution in [2.24, 2.45) is 35.0 Å². The van der Waals surface area contributed by atoms with Crippen molar-refractivity contribution in [1.82, 2.24) is 0 Å². The van der Waals surface area contributed by atoms with E-state index < -0.39 is 0 Å². The molecule has 36 heavy (non-hydrogen) atoms. The Kier molecular flexibility index (Phi) is 10.6. The Labute approximate surface area is 215 Å². The van der Waals surface area contributed by atoms with Gasteiger partial charge in [-0.25, -0.2) is 4.79 Å². The quantitative estimate of drug-likeness (QED) is 0.162. The molecule has 0 radical (unpaired) electrons. The molecular weight excluding hydrogens is 460 g/mol. The van der Waals surface area contributed by atoms with Gasteiger partial charge in [0.15, 0.2) is 5.78 Å². The number of esters is 1. The Bertz CT molecular complexity index is 873. The second-order valence-electron chi connectivity index (χ2n) is 10.7. The number of ether oxygens (including phenoxy) is 4. The summed E-state index contributed by atoms with van der Waals surface area (Å²) in [5.74, 6) is 0.517. The number of fused-ring (bicyclic) bond motifs is 2. The van der Waals surface area contributed by atoms with Crippen LogP contribution in [-0.2, 0) is 33.3 Å². The van der Waals surface area contributed by atoms with Gasteiger partial charge in [-0.15, -0.1) is 0 Å². The van der Waals surface area contributed by atoms with E-state index in [1.54, 1.807) is 13.2 Å². The topological polar surface area (TPSA) is 88.1 Å². The molecule has 6 atom stereocenters. The van der Waals surface area contributed by atoms with Crippen molar-refractivity contribution in [3.8, 4) is 0 Å². The SMILES string of the molecule is COCCOCCOCCOC(=O)/C=C/[C@H](C)[C@H]1CC[C@]2(C)C[C@@H]3C(C)=CC(=O)[C@H]3/C(C=O)=C\C[C@@H]12. The molecule has 0 saturated heterocycles. The molecule has 0 N–H and O–H groups in total. The van der Waals surface area contributed by atoms with Crippen LogP contribution in [0.1, 0.15) is 46.5 Å². The molecule has 0 bridgehead atoms. The molecule has 0 heterocycles. The fourth-order valence-electron chi connectivity index (χ4n) is 6.40. The lowest BCUT2D eigenvalue weighted by Gasteiger charge is -2.40. The van der Waals surface area contributed by atoms with Gasteiger partial charge in [0.25, 0.3) is 0 Å². The lowest BCUT2D eigenvalue weighted by Crippen LogP contribution is -2.34. The van der Waals surface area contributed by atoms with Gasteiger partial charge in [0, 0.05) is 13.2 Å². The van der Waals surface area contributed by atoms with E-state index in [0.717, 1.165) is 37.5 Å². The molecule has 0 aromatic carbocycles. The number of aldehydes is 1. The van der Waals surface area contributed by atoms with Gasteiger partial charge >= 0.3 is 5.97 Å². The van der Waals surface area contributed by atoms with Crippen LogP contribution >= 0.6 is 0 Å². The number of allylic oxidation sites excluding steroid dienone is 5. The molecule has 1 saturated carbocycles. The van der Waals surface area contributed by atoms with Gasteiger partial charge < -0.3 is 18.9 Å². The van der Waals surface area contributed by atoms with Crippen molar-refractivity contribution < 1.29 is 33.3 Å². The molecule has 3 aliphatic carbocycles. The summed E-state index contributed by atoms with van der Waals surface area (Å²) < 4.78 is 20.9. The maximum atomic E-state index is 12.6. The fraction of sp³-hybridized carbons (Fsp3) is 0.690. The van der Waals surface area contributed by atoms with Gasteiger partial charge in [0.05, 0.1) is 39.0 Å². The molecule has 3 aliphatic rings. The Morgan fingerprint density at radius 1 is 1.17 bits per heavy atom. The zero-order chi connectivity index (χ0) is 26.1. The number of hydrogen-bond donors (Lipinski definition) is 0. The van der Waals surface area contributed by atoms with Gasteiger partial charge in [-0.2, -0.15) is 0 Å². The summed E-state index contributed by atoms with van der Waals surface area (Å²) in [6.45, 7) is 9.07. The average Bonchev–Trinajstić information content (AvgIpc) is 3.30. The predicted molar refractivity (Wildman–Crippen MR) is 136 cm³/mol. The minimum absolute atomic E-state index is 0.0723. The number of methoxy groups -OCH3 is 1. The molecule has 0 amide bonds. The van der Waals surface area contributed by atoms with Crippen LogP contribution in [0.5, 0.6) is 0 Å². The van der Waals surface area contributed by atoms with E-state index >= 15 is 0 Å². The smallest absolute Gasteiger partial charge is 0.330 e. The molecule has 0 aromatic rings. The Balaban J connectivity index is 1.51. The van der Waals surface area contributed by atoms with Gasteiger partial charge in [-0.05, 0) is 73.3 Å². The van der Waals surface area contributed by atoms with Crippen molar-refractivity contribution in [3.63, 3.8) is 0 Å². The number of rotatable bonds is 13. The molecular formula is C29H42O7. The summed E-state index contributed by atoms with van der Waals surface area (Å²) in [6.07, 6.45) is 12.0. The lowest BCUT2D eigenvalue weighted by atomic mass is 9.63. The number of carbonyl (C=O) groups excluding carboxylic acids is 3. The van der Waals surface area contributed by atoms with Crippen LogP contribution in [0.25, 0.3) is 0 Å². The standard InChI is InChI=1S/C29H42O7/c1-20(5-8-27(32)36-16-15-35-14-13-34-12-11-33-4)23-9-10-29(3)18-24-21(2)17-26(31)28(24)22(19-30)6-7-25(23)29/h5-6,8,17,19-20,23-25,28H,7,9-16,18H2,1-4H3/b8-5+,22-6-/t20-,23+,24+,25-,28-,29+/m0/s1. The van der Waals surface area contributed by atoms with E-state index in [0.29, 0.717) is 50.4 Å². The molecule has 0 unspecified atom stereocenters. The van der Waals surface area contributed by atoms with Crippen LogP contribution in [0.15, 0.2) is 35.5 Å². The highest BCUT2D eigenvalue weighted by atomic mass is 16.6. The van der Waals surface area contributed by atoms with Gasteiger partial charge in [0.1, 0.15) is 12.9 Å². The average molecular weight is 503 g/mol. The van der Waals surface area contributed by atoms with Crippen LogP contribution in [0.2, 0.25) is 0 Å². The molecule has 0 aliphatic heterocycles. The van der Waals surface area contributed by atoms with Crippen molar-refractivity contribution in [3.05, 3.63) is 35.5 Å². The molecule has 1 fully saturated rings. The molecule has 7 nitrogen and oxygen atoms in total. The zero-order valence-corrected chi connectivity index (χ0v) is 22.2. The molecule has 7 heteroatoms.